The number of aromatic amines is 1. The molecule has 0 saturated heterocycles. The Bertz CT molecular complexity index is 833. The van der Waals surface area contributed by atoms with Crippen molar-refractivity contribution >= 4 is 33.8 Å². The summed E-state index contributed by atoms with van der Waals surface area (Å²) in [5.74, 6) is 0. The molecule has 4 nitrogen and oxygen atoms in total. The molecule has 0 radical (unpaired) electrons. The van der Waals surface area contributed by atoms with Gasteiger partial charge in [-0.3, -0.25) is 4.90 Å². The molecule has 1 aromatic heterocycles. The van der Waals surface area contributed by atoms with Crippen molar-refractivity contribution < 1.29 is 0 Å². The number of hydrogen-bond donors (Lipinski definition) is 2. The molecule has 0 fully saturated rings. The third kappa shape index (κ3) is 2.75. The number of thiocarbonyl (C=S) groups is 1. The number of fused-ring (bicyclic) bond motifs is 2. The van der Waals surface area contributed by atoms with E-state index in [0.29, 0.717) is 6.04 Å². The largest absolute Gasteiger partial charge is 0.361 e. The number of benzene rings is 1. The zero-order valence-electron chi connectivity index (χ0n) is 15.2. The summed E-state index contributed by atoms with van der Waals surface area (Å²) in [6.45, 7) is 7.15. The van der Waals surface area contributed by atoms with Crippen molar-refractivity contribution in [2.24, 2.45) is 0 Å². The van der Waals surface area contributed by atoms with Gasteiger partial charge < -0.3 is 15.2 Å². The lowest BCUT2D eigenvalue weighted by atomic mass is 9.81. The topological polar surface area (TPSA) is 34.3 Å². The van der Waals surface area contributed by atoms with Gasteiger partial charge in [-0.1, -0.05) is 18.2 Å². The van der Waals surface area contributed by atoms with Crippen LogP contribution in [0, 0.1) is 0 Å². The predicted octanol–water partition coefficient (Wildman–Crippen LogP) is 3.01. The summed E-state index contributed by atoms with van der Waals surface area (Å²) >= 11 is 5.62. The molecule has 25 heavy (non-hydrogen) atoms. The molecule has 2 heterocycles. The maximum absolute atomic E-state index is 5.62. The first-order valence-corrected chi connectivity index (χ1v) is 9.60. The first-order valence-electron chi connectivity index (χ1n) is 9.19. The van der Waals surface area contributed by atoms with Gasteiger partial charge in [-0.2, -0.15) is 0 Å². The highest BCUT2D eigenvalue weighted by Crippen LogP contribution is 2.39. The van der Waals surface area contributed by atoms with Gasteiger partial charge in [-0.05, 0) is 62.3 Å². The van der Waals surface area contributed by atoms with E-state index in [2.05, 4.69) is 71.5 Å². The van der Waals surface area contributed by atoms with E-state index < -0.39 is 0 Å². The number of H-pyrrole nitrogens is 1. The Kier molecular flexibility index (Phi) is 4.29. The van der Waals surface area contributed by atoms with Crippen LogP contribution in [-0.4, -0.2) is 58.7 Å². The average molecular weight is 355 g/mol. The molecule has 0 saturated carbocycles. The van der Waals surface area contributed by atoms with Crippen LogP contribution >= 0.6 is 12.2 Å². The van der Waals surface area contributed by atoms with Crippen molar-refractivity contribution in [2.45, 2.75) is 32.4 Å². The molecular formula is C20H26N4S. The molecule has 5 heteroatoms. The highest BCUT2D eigenvalue weighted by atomic mass is 32.1. The van der Waals surface area contributed by atoms with Gasteiger partial charge >= 0.3 is 0 Å². The smallest absolute Gasteiger partial charge is 0.169 e. The average Bonchev–Trinajstić information content (AvgIpc) is 3.02. The van der Waals surface area contributed by atoms with Gasteiger partial charge in [0.05, 0.1) is 6.04 Å². The summed E-state index contributed by atoms with van der Waals surface area (Å²) in [4.78, 5) is 8.09. The molecule has 2 aliphatic rings. The van der Waals surface area contributed by atoms with E-state index in [9.17, 15) is 0 Å². The lowest BCUT2D eigenvalue weighted by Gasteiger charge is -2.40. The fourth-order valence-corrected chi connectivity index (χ4v) is 4.71. The van der Waals surface area contributed by atoms with Gasteiger partial charge in [0.1, 0.15) is 0 Å². The summed E-state index contributed by atoms with van der Waals surface area (Å²) in [7, 11) is 2.23. The third-order valence-corrected chi connectivity index (χ3v) is 6.00. The summed E-state index contributed by atoms with van der Waals surface area (Å²) in [5, 5.41) is 5.82. The number of aromatic nitrogens is 1. The van der Waals surface area contributed by atoms with Crippen molar-refractivity contribution in [3.8, 4) is 0 Å². The molecule has 2 atom stereocenters. The van der Waals surface area contributed by atoms with Crippen molar-refractivity contribution in [3.05, 3.63) is 41.6 Å². The van der Waals surface area contributed by atoms with E-state index in [-0.39, 0.29) is 6.04 Å². The molecule has 0 bridgehead atoms. The maximum Gasteiger partial charge on any atom is 0.169 e. The molecule has 0 spiro atoms. The molecule has 0 amide bonds. The van der Waals surface area contributed by atoms with Crippen molar-refractivity contribution in [2.75, 3.05) is 26.7 Å². The van der Waals surface area contributed by atoms with Crippen LogP contribution in [0.4, 0.5) is 0 Å². The molecule has 1 aliphatic heterocycles. The SMILES string of the molecule is CCN(CC)C(=S)N[C@H]1C=C2c3cccc4[nH]cc(c34)C[C@H]2N(C)C1. The first-order chi connectivity index (χ1) is 12.1. The Morgan fingerprint density at radius 2 is 2.16 bits per heavy atom. The number of nitrogens with one attached hydrogen (secondary N) is 2. The summed E-state index contributed by atoms with van der Waals surface area (Å²) in [6, 6.07) is 7.28. The lowest BCUT2D eigenvalue weighted by molar-refractivity contribution is 0.260. The van der Waals surface area contributed by atoms with Crippen LogP contribution < -0.4 is 5.32 Å². The minimum Gasteiger partial charge on any atom is -0.361 e. The second-order valence-corrected chi connectivity index (χ2v) is 7.44. The van der Waals surface area contributed by atoms with E-state index in [1.54, 1.807) is 0 Å². The Morgan fingerprint density at radius 3 is 2.92 bits per heavy atom. The fourth-order valence-electron chi connectivity index (χ4n) is 4.30. The minimum atomic E-state index is 0.250. The van der Waals surface area contributed by atoms with Crippen LogP contribution in [0.3, 0.4) is 0 Å². The van der Waals surface area contributed by atoms with Crippen molar-refractivity contribution in [1.29, 1.82) is 0 Å². The molecule has 132 valence electrons. The second-order valence-electron chi connectivity index (χ2n) is 7.05. The molecule has 2 aromatic rings. The van der Waals surface area contributed by atoms with Crippen LogP contribution in [0.15, 0.2) is 30.5 Å². The van der Waals surface area contributed by atoms with Gasteiger partial charge in [-0.15, -0.1) is 0 Å². The van der Waals surface area contributed by atoms with Crippen LogP contribution in [-0.2, 0) is 6.42 Å². The number of rotatable bonds is 3. The highest BCUT2D eigenvalue weighted by molar-refractivity contribution is 7.80. The predicted molar refractivity (Wildman–Crippen MR) is 109 cm³/mol. The second kappa shape index (κ2) is 6.46. The highest BCUT2D eigenvalue weighted by Gasteiger charge is 2.33. The van der Waals surface area contributed by atoms with Gasteiger partial charge in [0.2, 0.25) is 0 Å². The molecule has 2 N–H and O–H groups in total. The monoisotopic (exact) mass is 354 g/mol. The summed E-state index contributed by atoms with van der Waals surface area (Å²) in [6.07, 6.45) is 5.66. The van der Waals surface area contributed by atoms with E-state index in [1.807, 2.05) is 0 Å². The van der Waals surface area contributed by atoms with E-state index >= 15 is 0 Å². The Hall–Kier alpha value is -1.85. The molecule has 1 aliphatic carbocycles. The zero-order valence-corrected chi connectivity index (χ0v) is 16.0. The van der Waals surface area contributed by atoms with Gasteiger partial charge in [0, 0.05) is 42.8 Å². The number of hydrogen-bond acceptors (Lipinski definition) is 2. The minimum absolute atomic E-state index is 0.250. The van der Waals surface area contributed by atoms with Gasteiger partial charge in [-0.25, -0.2) is 0 Å². The Labute approximate surface area is 154 Å². The third-order valence-electron chi connectivity index (χ3n) is 5.63. The quantitative estimate of drug-likeness (QED) is 0.831. The van der Waals surface area contributed by atoms with E-state index in [4.69, 9.17) is 12.2 Å². The maximum atomic E-state index is 5.62. The molecule has 0 unspecified atom stereocenters. The summed E-state index contributed by atoms with van der Waals surface area (Å²) in [5.41, 5.74) is 5.48. The van der Waals surface area contributed by atoms with E-state index in [0.717, 1.165) is 31.2 Å². The molecular weight excluding hydrogens is 328 g/mol. The fraction of sp³-hybridized carbons (Fsp3) is 0.450. The standard InChI is InChI=1S/C20H26N4S/c1-4-24(5-2)20(25)22-14-10-16-15-7-6-8-17-19(15)13(11-21-17)9-18(16)23(3)12-14/h6-8,10-11,14,18,21H,4-5,9,12H2,1-3H3,(H,22,25)/t14-,18+/m0/s1. The van der Waals surface area contributed by atoms with E-state index in [1.165, 1.54) is 27.6 Å². The van der Waals surface area contributed by atoms with Gasteiger partial charge in [0.25, 0.3) is 0 Å². The van der Waals surface area contributed by atoms with Crippen LogP contribution in [0.5, 0.6) is 0 Å². The normalized spacial score (nSPS) is 22.4. The summed E-state index contributed by atoms with van der Waals surface area (Å²) < 4.78 is 0. The van der Waals surface area contributed by atoms with Crippen LogP contribution in [0.25, 0.3) is 16.5 Å². The Balaban J connectivity index is 1.69. The molecule has 1 aromatic carbocycles. The number of nitrogens with zero attached hydrogens (tertiary/aromatic N) is 2. The van der Waals surface area contributed by atoms with Gasteiger partial charge in [0.15, 0.2) is 5.11 Å². The zero-order chi connectivity index (χ0) is 17.6. The molecule has 4 rings (SSSR count). The van der Waals surface area contributed by atoms with Crippen LogP contribution in [0.2, 0.25) is 0 Å². The van der Waals surface area contributed by atoms with Crippen molar-refractivity contribution in [3.63, 3.8) is 0 Å². The van der Waals surface area contributed by atoms with Crippen molar-refractivity contribution in [1.82, 2.24) is 20.1 Å². The first kappa shape index (κ1) is 16.6. The Morgan fingerprint density at radius 1 is 1.36 bits per heavy atom. The lowest BCUT2D eigenvalue weighted by Crippen LogP contribution is -2.52. The number of likely N-dealkylation sites (N-methyl/N-ethyl adjacent to an activating group) is 1. The van der Waals surface area contributed by atoms with Crippen LogP contribution in [0.1, 0.15) is 25.0 Å².